The topological polar surface area (TPSA) is 28.2 Å². The van der Waals surface area contributed by atoms with Gasteiger partial charge in [0, 0.05) is 0 Å². The van der Waals surface area contributed by atoms with E-state index in [9.17, 15) is 0 Å². The number of piperidine rings is 1. The maximum absolute atomic E-state index is 5.89. The fourth-order valence-corrected chi connectivity index (χ4v) is 3.25. The molecule has 3 nitrogen and oxygen atoms in total. The molecular weight excluding hydrogens is 289 g/mol. The van der Waals surface area contributed by atoms with Crippen LogP contribution in [-0.2, 0) is 6.54 Å². The van der Waals surface area contributed by atoms with Gasteiger partial charge in [-0.3, -0.25) is 4.90 Å². The third-order valence-corrected chi connectivity index (χ3v) is 4.37. The lowest BCUT2D eigenvalue weighted by atomic mass is 9.97. The average molecular weight is 310 g/mol. The number of halogens is 2. The molecule has 0 bridgehead atoms. The van der Waals surface area contributed by atoms with Crippen LogP contribution in [0.5, 0.6) is 0 Å². The Morgan fingerprint density at radius 1 is 1.50 bits per heavy atom. The highest BCUT2D eigenvalue weighted by Gasteiger charge is 2.19. The third kappa shape index (κ3) is 5.02. The van der Waals surface area contributed by atoms with E-state index < -0.39 is 0 Å². The molecule has 0 unspecified atom stereocenters. The van der Waals surface area contributed by atoms with Gasteiger partial charge < -0.3 is 5.32 Å². The summed E-state index contributed by atoms with van der Waals surface area (Å²) in [7, 11) is 0. The second kappa shape index (κ2) is 8.33. The molecule has 18 heavy (non-hydrogen) atoms. The van der Waals surface area contributed by atoms with E-state index >= 15 is 0 Å². The van der Waals surface area contributed by atoms with Gasteiger partial charge in [0.25, 0.3) is 0 Å². The van der Waals surface area contributed by atoms with Gasteiger partial charge in [0.15, 0.2) is 0 Å². The average Bonchev–Trinajstić information content (AvgIpc) is 2.74. The van der Waals surface area contributed by atoms with Crippen molar-refractivity contribution in [2.75, 3.05) is 26.2 Å². The van der Waals surface area contributed by atoms with E-state index in [2.05, 4.69) is 22.1 Å². The summed E-state index contributed by atoms with van der Waals surface area (Å²) in [6.07, 6.45) is 4.34. The maximum Gasteiger partial charge on any atom is 0.113 e. The van der Waals surface area contributed by atoms with E-state index in [-0.39, 0.29) is 12.4 Å². The summed E-state index contributed by atoms with van der Waals surface area (Å²) < 4.78 is 0.794. The van der Waals surface area contributed by atoms with Gasteiger partial charge in [-0.25, -0.2) is 4.98 Å². The van der Waals surface area contributed by atoms with Crippen LogP contribution in [0.4, 0.5) is 0 Å². The smallest absolute Gasteiger partial charge is 0.113 e. The van der Waals surface area contributed by atoms with Gasteiger partial charge in [-0.15, -0.1) is 23.7 Å². The van der Waals surface area contributed by atoms with Crippen molar-refractivity contribution in [1.29, 1.82) is 0 Å². The number of hydrogen-bond acceptors (Lipinski definition) is 4. The van der Waals surface area contributed by atoms with E-state index in [1.165, 1.54) is 32.5 Å². The third-order valence-electron chi connectivity index (χ3n) is 3.27. The number of rotatable bonds is 5. The number of aromatic nitrogens is 1. The Bertz CT molecular complexity index is 338. The molecule has 1 aliphatic rings. The van der Waals surface area contributed by atoms with Gasteiger partial charge in [0.2, 0.25) is 0 Å². The summed E-state index contributed by atoms with van der Waals surface area (Å²) in [6.45, 7) is 7.76. The molecule has 0 aromatic carbocycles. The Balaban J connectivity index is 0.00000162. The molecule has 0 atom stereocenters. The molecule has 1 fully saturated rings. The molecule has 0 radical (unpaired) electrons. The molecule has 104 valence electrons. The number of nitrogens with one attached hydrogen (secondary N) is 1. The molecule has 1 N–H and O–H groups in total. The van der Waals surface area contributed by atoms with E-state index in [1.807, 2.05) is 0 Å². The normalized spacial score (nSPS) is 17.7. The predicted octanol–water partition coefficient (Wildman–Crippen LogP) is 3.04. The molecule has 0 spiro atoms. The van der Waals surface area contributed by atoms with Gasteiger partial charge in [-0.05, 0) is 44.9 Å². The fraction of sp³-hybridized carbons (Fsp3) is 0.750. The Labute approximate surface area is 124 Å². The van der Waals surface area contributed by atoms with Gasteiger partial charge in [-0.1, -0.05) is 18.5 Å². The zero-order valence-corrected chi connectivity index (χ0v) is 13.1. The first-order valence-corrected chi connectivity index (χ1v) is 7.50. The fourth-order valence-electron chi connectivity index (χ4n) is 2.25. The molecule has 1 aromatic heterocycles. The van der Waals surface area contributed by atoms with Crippen LogP contribution in [-0.4, -0.2) is 36.1 Å². The summed E-state index contributed by atoms with van der Waals surface area (Å²) in [5, 5.41) is 4.58. The summed E-state index contributed by atoms with van der Waals surface area (Å²) in [5.74, 6) is 0.853. The van der Waals surface area contributed by atoms with Gasteiger partial charge in [0.05, 0.1) is 12.7 Å². The van der Waals surface area contributed by atoms with Gasteiger partial charge >= 0.3 is 0 Å². The van der Waals surface area contributed by atoms with Crippen molar-refractivity contribution in [1.82, 2.24) is 15.2 Å². The van der Waals surface area contributed by atoms with Crippen molar-refractivity contribution in [3.63, 3.8) is 0 Å². The standard InChI is InChI=1S/C12H20ClN3S.ClH/c1-2-14-7-10-3-5-16(6-4-10)9-12-15-8-11(13)17-12;/h8,10,14H,2-7,9H2,1H3;1H. The van der Waals surface area contributed by atoms with Crippen LogP contribution in [0.3, 0.4) is 0 Å². The number of nitrogens with zero attached hydrogens (tertiary/aromatic N) is 2. The highest BCUT2D eigenvalue weighted by Crippen LogP contribution is 2.22. The zero-order chi connectivity index (χ0) is 12.1. The minimum absolute atomic E-state index is 0. The van der Waals surface area contributed by atoms with E-state index in [0.717, 1.165) is 28.4 Å². The monoisotopic (exact) mass is 309 g/mol. The highest BCUT2D eigenvalue weighted by atomic mass is 35.5. The molecule has 1 aliphatic heterocycles. The summed E-state index contributed by atoms with van der Waals surface area (Å²) in [4.78, 5) is 6.79. The van der Waals surface area contributed by atoms with Crippen molar-refractivity contribution < 1.29 is 0 Å². The minimum Gasteiger partial charge on any atom is -0.317 e. The van der Waals surface area contributed by atoms with Gasteiger partial charge in [-0.2, -0.15) is 0 Å². The van der Waals surface area contributed by atoms with E-state index in [4.69, 9.17) is 11.6 Å². The van der Waals surface area contributed by atoms with Crippen molar-refractivity contribution in [2.24, 2.45) is 5.92 Å². The Morgan fingerprint density at radius 2 is 2.22 bits per heavy atom. The molecule has 6 heteroatoms. The Kier molecular flexibility index (Phi) is 7.49. The van der Waals surface area contributed by atoms with Crippen molar-refractivity contribution in [2.45, 2.75) is 26.3 Å². The van der Waals surface area contributed by atoms with Crippen LogP contribution in [0.25, 0.3) is 0 Å². The first-order valence-electron chi connectivity index (χ1n) is 6.31. The molecule has 0 amide bonds. The molecule has 0 saturated carbocycles. The largest absolute Gasteiger partial charge is 0.317 e. The number of hydrogen-bond donors (Lipinski definition) is 1. The molecule has 2 heterocycles. The van der Waals surface area contributed by atoms with Crippen LogP contribution < -0.4 is 5.32 Å². The second-order valence-electron chi connectivity index (χ2n) is 4.59. The highest BCUT2D eigenvalue weighted by molar-refractivity contribution is 7.15. The number of thiazole rings is 1. The maximum atomic E-state index is 5.89. The minimum atomic E-state index is 0. The SMILES string of the molecule is CCNCC1CCN(Cc2ncc(Cl)s2)CC1.Cl. The zero-order valence-electron chi connectivity index (χ0n) is 10.7. The molecule has 2 rings (SSSR count). The molecule has 0 aliphatic carbocycles. The van der Waals surface area contributed by atoms with Crippen LogP contribution in [0, 0.1) is 5.92 Å². The number of likely N-dealkylation sites (tertiary alicyclic amines) is 1. The molecule has 1 aromatic rings. The predicted molar refractivity (Wildman–Crippen MR) is 80.9 cm³/mol. The molecule has 1 saturated heterocycles. The van der Waals surface area contributed by atoms with Crippen molar-refractivity contribution in [3.8, 4) is 0 Å². The lowest BCUT2D eigenvalue weighted by molar-refractivity contribution is 0.175. The second-order valence-corrected chi connectivity index (χ2v) is 6.33. The van der Waals surface area contributed by atoms with Crippen LogP contribution in [0.2, 0.25) is 4.34 Å². The molecular formula is C12H21Cl2N3S. The van der Waals surface area contributed by atoms with Crippen molar-refractivity contribution >= 4 is 35.3 Å². The summed E-state index contributed by atoms with van der Waals surface area (Å²) >= 11 is 7.48. The quantitative estimate of drug-likeness (QED) is 0.906. The van der Waals surface area contributed by atoms with Crippen LogP contribution in [0.1, 0.15) is 24.8 Å². The van der Waals surface area contributed by atoms with E-state index in [1.54, 1.807) is 17.5 Å². The Hall–Kier alpha value is 0.130. The van der Waals surface area contributed by atoms with Gasteiger partial charge in [0.1, 0.15) is 9.34 Å². The van der Waals surface area contributed by atoms with Crippen LogP contribution in [0.15, 0.2) is 6.20 Å². The lowest BCUT2D eigenvalue weighted by Gasteiger charge is -2.31. The van der Waals surface area contributed by atoms with Crippen molar-refractivity contribution in [3.05, 3.63) is 15.5 Å². The first kappa shape index (κ1) is 16.2. The van der Waals surface area contributed by atoms with Crippen LogP contribution >= 0.6 is 35.3 Å². The summed E-state index contributed by atoms with van der Waals surface area (Å²) in [6, 6.07) is 0. The Morgan fingerprint density at radius 3 is 2.78 bits per heavy atom. The first-order chi connectivity index (χ1) is 8.28. The van der Waals surface area contributed by atoms with E-state index in [0.29, 0.717) is 0 Å². The lowest BCUT2D eigenvalue weighted by Crippen LogP contribution is -2.36. The summed E-state index contributed by atoms with van der Waals surface area (Å²) in [5.41, 5.74) is 0.